The zero-order valence-corrected chi connectivity index (χ0v) is 10.1. The quantitative estimate of drug-likeness (QED) is 0.601. The molecule has 0 aliphatic rings. The van der Waals surface area contributed by atoms with Gasteiger partial charge in [-0.2, -0.15) is 5.26 Å². The van der Waals surface area contributed by atoms with Crippen LogP contribution in [0.1, 0.15) is 5.56 Å². The first-order chi connectivity index (χ1) is 6.46. The van der Waals surface area contributed by atoms with Crippen molar-refractivity contribution in [2.75, 3.05) is 17.6 Å². The van der Waals surface area contributed by atoms with Gasteiger partial charge in [0.05, 0.1) is 5.56 Å². The van der Waals surface area contributed by atoms with E-state index in [1.807, 2.05) is 6.07 Å². The zero-order chi connectivity index (χ0) is 10.8. The minimum absolute atomic E-state index is 0.430. The Kier molecular flexibility index (Phi) is 3.20. The third-order valence-corrected chi connectivity index (χ3v) is 4.23. The Morgan fingerprint density at radius 3 is 2.86 bits per heavy atom. The standard InChI is InChI=1S/C8H12N3OPS/c1-11(14(2,12)13)8-7(6-9)4-3-5-10-8/h3-5,14H,13H2,1-2H3. The lowest BCUT2D eigenvalue weighted by atomic mass is 10.3. The number of nitriles is 1. The van der Waals surface area contributed by atoms with Crippen LogP contribution in [0.4, 0.5) is 5.82 Å². The maximum absolute atomic E-state index is 11.7. The largest absolute Gasteiger partial charge is 0.297 e. The summed E-state index contributed by atoms with van der Waals surface area (Å²) in [6.07, 6.45) is 3.18. The summed E-state index contributed by atoms with van der Waals surface area (Å²) in [5.41, 5.74) is 0.430. The minimum Gasteiger partial charge on any atom is -0.297 e. The van der Waals surface area contributed by atoms with E-state index in [1.54, 1.807) is 31.6 Å². The summed E-state index contributed by atoms with van der Waals surface area (Å²) in [4.78, 5) is 4.03. The molecule has 1 aromatic rings. The summed E-state index contributed by atoms with van der Waals surface area (Å²) >= 11 is 0. The molecule has 0 amide bonds. The van der Waals surface area contributed by atoms with E-state index in [-0.39, 0.29) is 0 Å². The summed E-state index contributed by atoms with van der Waals surface area (Å²) in [6, 6.07) is 5.35. The van der Waals surface area contributed by atoms with Crippen LogP contribution in [0.2, 0.25) is 0 Å². The van der Waals surface area contributed by atoms with E-state index in [9.17, 15) is 4.21 Å². The lowest BCUT2D eigenvalue weighted by Gasteiger charge is -2.27. The Hall–Kier alpha value is -0.980. The van der Waals surface area contributed by atoms with Crippen molar-refractivity contribution in [3.63, 3.8) is 0 Å². The van der Waals surface area contributed by atoms with E-state index < -0.39 is 9.74 Å². The third-order valence-electron chi connectivity index (χ3n) is 1.81. The van der Waals surface area contributed by atoms with Crippen LogP contribution in [-0.2, 0) is 9.74 Å². The number of anilines is 1. The van der Waals surface area contributed by atoms with Crippen LogP contribution in [0.5, 0.6) is 0 Å². The molecule has 1 atom stereocenters. The first-order valence-corrected chi connectivity index (χ1v) is 7.64. The number of hydrogen-bond acceptors (Lipinski definition) is 3. The van der Waals surface area contributed by atoms with E-state index in [4.69, 9.17) is 5.26 Å². The molecule has 0 aliphatic heterocycles. The van der Waals surface area contributed by atoms with Gasteiger partial charge in [-0.3, -0.25) is 8.51 Å². The Labute approximate surface area is 86.5 Å². The molecule has 0 bridgehead atoms. The second-order valence-electron chi connectivity index (χ2n) is 2.95. The molecular weight excluding hydrogens is 217 g/mol. The van der Waals surface area contributed by atoms with Gasteiger partial charge >= 0.3 is 0 Å². The van der Waals surface area contributed by atoms with Gasteiger partial charge in [0, 0.05) is 19.5 Å². The molecule has 0 N–H and O–H groups in total. The first-order valence-electron chi connectivity index (χ1n) is 3.92. The van der Waals surface area contributed by atoms with Crippen molar-refractivity contribution in [1.82, 2.24) is 4.98 Å². The Balaban J connectivity index is 3.21. The molecule has 0 aliphatic carbocycles. The molecule has 14 heavy (non-hydrogen) atoms. The Morgan fingerprint density at radius 1 is 1.71 bits per heavy atom. The Bertz CT molecular complexity index is 423. The lowest BCUT2D eigenvalue weighted by Crippen LogP contribution is -2.28. The highest BCUT2D eigenvalue weighted by molar-refractivity contribution is 8.45. The molecule has 1 aromatic heterocycles. The van der Waals surface area contributed by atoms with E-state index in [2.05, 4.69) is 13.4 Å². The maximum Gasteiger partial charge on any atom is 0.156 e. The van der Waals surface area contributed by atoms with Gasteiger partial charge in [0.1, 0.15) is 6.07 Å². The summed E-state index contributed by atoms with van der Waals surface area (Å²) in [6.45, 7) is 0. The molecule has 0 saturated heterocycles. The first kappa shape index (κ1) is 11.1. The second-order valence-corrected chi connectivity index (χ2v) is 8.31. The average molecular weight is 229 g/mol. The van der Waals surface area contributed by atoms with Gasteiger partial charge in [-0.1, -0.05) is 0 Å². The normalized spacial score (nSPS) is 11.9. The molecule has 0 fully saturated rings. The van der Waals surface area contributed by atoms with Crippen LogP contribution >= 0.6 is 8.44 Å². The van der Waals surface area contributed by atoms with Gasteiger partial charge < -0.3 is 0 Å². The SMILES string of the molecule is CN(c1ncccc1C#N)[SH](C)(=O)P. The minimum atomic E-state index is -2.48. The predicted molar refractivity (Wildman–Crippen MR) is 62.5 cm³/mol. The molecule has 1 rings (SSSR count). The van der Waals surface area contributed by atoms with Crippen molar-refractivity contribution in [1.29, 1.82) is 5.26 Å². The van der Waals surface area contributed by atoms with E-state index >= 15 is 0 Å². The number of aromatic nitrogens is 1. The summed E-state index contributed by atoms with van der Waals surface area (Å²) in [5, 5.41) is 8.82. The van der Waals surface area contributed by atoms with E-state index in [0.717, 1.165) is 0 Å². The van der Waals surface area contributed by atoms with Gasteiger partial charge in [0.2, 0.25) is 0 Å². The highest BCUT2D eigenvalue weighted by Gasteiger charge is 2.14. The number of hydrogen-bond donors (Lipinski definition) is 1. The van der Waals surface area contributed by atoms with Gasteiger partial charge in [0.25, 0.3) is 0 Å². The molecule has 1 unspecified atom stereocenters. The van der Waals surface area contributed by atoms with Gasteiger partial charge in [-0.05, 0) is 30.3 Å². The molecule has 76 valence electrons. The zero-order valence-electron chi connectivity index (χ0n) is 8.01. The number of nitrogens with zero attached hydrogens (tertiary/aromatic N) is 3. The van der Waals surface area contributed by atoms with Crippen LogP contribution in [0.25, 0.3) is 0 Å². The van der Waals surface area contributed by atoms with Crippen LogP contribution in [0.15, 0.2) is 18.3 Å². The van der Waals surface area contributed by atoms with Crippen LogP contribution < -0.4 is 4.31 Å². The molecule has 0 saturated carbocycles. The molecule has 4 nitrogen and oxygen atoms in total. The molecule has 6 heteroatoms. The molecule has 0 radical (unpaired) electrons. The van der Waals surface area contributed by atoms with Crippen LogP contribution in [0.3, 0.4) is 0 Å². The summed E-state index contributed by atoms with van der Waals surface area (Å²) in [7, 11) is 1.46. The average Bonchev–Trinajstić information content (AvgIpc) is 2.15. The fourth-order valence-corrected chi connectivity index (χ4v) is 1.79. The smallest absolute Gasteiger partial charge is 0.156 e. The molecule has 0 aromatic carbocycles. The number of pyridine rings is 1. The van der Waals surface area contributed by atoms with Crippen molar-refractivity contribution in [2.45, 2.75) is 0 Å². The topological polar surface area (TPSA) is 57.0 Å². The van der Waals surface area contributed by atoms with Crippen molar-refractivity contribution < 1.29 is 4.21 Å². The molecular formula is C8H12N3OPS. The second kappa shape index (κ2) is 4.04. The summed E-state index contributed by atoms with van der Waals surface area (Å²) in [5.74, 6) is 0.454. The van der Waals surface area contributed by atoms with E-state index in [0.29, 0.717) is 11.4 Å². The fraction of sp³-hybridized carbons (Fsp3) is 0.250. The van der Waals surface area contributed by atoms with Crippen molar-refractivity contribution >= 4 is 24.0 Å². The Morgan fingerprint density at radius 2 is 2.36 bits per heavy atom. The molecule has 0 spiro atoms. The summed E-state index contributed by atoms with van der Waals surface area (Å²) < 4.78 is 13.2. The molecule has 1 heterocycles. The number of thiol groups is 1. The van der Waals surface area contributed by atoms with Gasteiger partial charge in [0.15, 0.2) is 5.82 Å². The maximum atomic E-state index is 11.7. The van der Waals surface area contributed by atoms with Crippen LogP contribution in [0, 0.1) is 11.3 Å². The van der Waals surface area contributed by atoms with Crippen molar-refractivity contribution in [3.8, 4) is 6.07 Å². The van der Waals surface area contributed by atoms with Crippen LogP contribution in [-0.4, -0.2) is 22.5 Å². The number of rotatable bonds is 2. The van der Waals surface area contributed by atoms with Crippen molar-refractivity contribution in [3.05, 3.63) is 23.9 Å². The highest BCUT2D eigenvalue weighted by atomic mass is 32.8. The predicted octanol–water partition coefficient (Wildman–Crippen LogP) is 0.741. The van der Waals surface area contributed by atoms with Gasteiger partial charge in [-0.15, -0.1) is 0 Å². The lowest BCUT2D eigenvalue weighted by molar-refractivity contribution is 0.682. The highest BCUT2D eigenvalue weighted by Crippen LogP contribution is 2.24. The fourth-order valence-electron chi connectivity index (χ4n) is 0.930. The van der Waals surface area contributed by atoms with E-state index in [1.165, 1.54) is 4.31 Å². The third kappa shape index (κ3) is 2.28. The monoisotopic (exact) mass is 229 g/mol. The van der Waals surface area contributed by atoms with Crippen molar-refractivity contribution in [2.24, 2.45) is 0 Å². The van der Waals surface area contributed by atoms with Gasteiger partial charge in [-0.25, -0.2) is 4.98 Å².